The van der Waals surface area contributed by atoms with E-state index in [1.165, 1.54) is 5.56 Å². The second-order valence-electron chi connectivity index (χ2n) is 8.60. The molecule has 0 radical (unpaired) electrons. The van der Waals surface area contributed by atoms with Gasteiger partial charge in [0, 0.05) is 50.7 Å². The van der Waals surface area contributed by atoms with E-state index in [2.05, 4.69) is 89.3 Å². The van der Waals surface area contributed by atoms with Crippen LogP contribution in [-0.2, 0) is 19.5 Å². The molecule has 1 aliphatic heterocycles. The van der Waals surface area contributed by atoms with Crippen molar-refractivity contribution < 1.29 is 0 Å². The molecule has 1 fully saturated rings. The quantitative estimate of drug-likeness (QED) is 0.289. The predicted molar refractivity (Wildman–Crippen MR) is 140 cm³/mol. The summed E-state index contributed by atoms with van der Waals surface area (Å²) < 4.78 is 2.23. The van der Waals surface area contributed by atoms with Crippen molar-refractivity contribution in [3.63, 3.8) is 0 Å². The molecule has 2 atom stereocenters. The van der Waals surface area contributed by atoms with E-state index in [1.54, 1.807) is 0 Å². The number of aromatic nitrogens is 2. The van der Waals surface area contributed by atoms with E-state index in [9.17, 15) is 0 Å². The first-order valence-electron chi connectivity index (χ1n) is 11.4. The molecule has 172 valence electrons. The fourth-order valence-electron chi connectivity index (χ4n) is 4.05. The number of aryl methyl sites for hydroxylation is 2. The average Bonchev–Trinajstić information content (AvgIpc) is 3.34. The van der Waals surface area contributed by atoms with Crippen molar-refractivity contribution in [2.45, 2.75) is 65.7 Å². The van der Waals surface area contributed by atoms with Crippen molar-refractivity contribution >= 4 is 29.9 Å². The van der Waals surface area contributed by atoms with Crippen LogP contribution in [0.15, 0.2) is 47.7 Å². The molecule has 0 amide bonds. The Hall–Kier alpha value is -1.61. The minimum Gasteiger partial charge on any atom is -0.357 e. The molecule has 2 heterocycles. The lowest BCUT2D eigenvalue weighted by atomic mass is 10.1. The van der Waals surface area contributed by atoms with Gasteiger partial charge in [-0.15, -0.1) is 24.0 Å². The van der Waals surface area contributed by atoms with Gasteiger partial charge in [0.1, 0.15) is 12.4 Å². The standard InChI is InChI=1S/C24H38N6.HI/c1-5-25-24(28-22-18-30(19(2)3)17-20(22)4)27-16-23-26-13-15-29(23)14-9-12-21-10-7-6-8-11-21;/h6-8,10-11,13,15,19-20,22H,5,9,12,14,16-18H2,1-4H3,(H2,25,27,28);1H. The zero-order valence-corrected chi connectivity index (χ0v) is 21.8. The van der Waals surface area contributed by atoms with Crippen molar-refractivity contribution in [3.05, 3.63) is 54.1 Å². The Morgan fingerprint density at radius 3 is 2.68 bits per heavy atom. The number of halogens is 1. The summed E-state index contributed by atoms with van der Waals surface area (Å²) in [7, 11) is 0. The Morgan fingerprint density at radius 1 is 1.23 bits per heavy atom. The van der Waals surface area contributed by atoms with E-state index < -0.39 is 0 Å². The third kappa shape index (κ3) is 7.79. The number of aliphatic imine (C=N–C) groups is 1. The maximum absolute atomic E-state index is 4.84. The van der Waals surface area contributed by atoms with E-state index in [0.717, 1.165) is 50.8 Å². The van der Waals surface area contributed by atoms with Crippen LogP contribution in [0, 0.1) is 5.92 Å². The van der Waals surface area contributed by atoms with Gasteiger partial charge in [-0.2, -0.15) is 0 Å². The van der Waals surface area contributed by atoms with Crippen molar-refractivity contribution in [1.82, 2.24) is 25.1 Å². The molecule has 31 heavy (non-hydrogen) atoms. The average molecular weight is 539 g/mol. The first-order chi connectivity index (χ1) is 14.6. The molecule has 7 heteroatoms. The van der Waals surface area contributed by atoms with Crippen LogP contribution in [-0.4, -0.2) is 52.1 Å². The van der Waals surface area contributed by atoms with Gasteiger partial charge >= 0.3 is 0 Å². The second kappa shape index (κ2) is 13.1. The summed E-state index contributed by atoms with van der Waals surface area (Å²) in [6.07, 6.45) is 6.13. The van der Waals surface area contributed by atoms with E-state index >= 15 is 0 Å². The van der Waals surface area contributed by atoms with E-state index in [-0.39, 0.29) is 24.0 Å². The van der Waals surface area contributed by atoms with Gasteiger partial charge in [0.2, 0.25) is 0 Å². The van der Waals surface area contributed by atoms with Gasteiger partial charge in [0.05, 0.1) is 0 Å². The highest BCUT2D eigenvalue weighted by atomic mass is 127. The Balaban J connectivity index is 0.00000341. The lowest BCUT2D eigenvalue weighted by Gasteiger charge is -2.22. The highest BCUT2D eigenvalue weighted by Gasteiger charge is 2.31. The van der Waals surface area contributed by atoms with Crippen LogP contribution in [0.1, 0.15) is 45.5 Å². The van der Waals surface area contributed by atoms with E-state index in [0.29, 0.717) is 24.5 Å². The normalized spacial score (nSPS) is 19.5. The zero-order chi connectivity index (χ0) is 21.3. The number of hydrogen-bond donors (Lipinski definition) is 2. The second-order valence-corrected chi connectivity index (χ2v) is 8.60. The number of guanidine groups is 1. The highest BCUT2D eigenvalue weighted by molar-refractivity contribution is 14.0. The summed E-state index contributed by atoms with van der Waals surface area (Å²) in [5.74, 6) is 2.51. The molecule has 0 aliphatic carbocycles. The number of nitrogens with zero attached hydrogens (tertiary/aromatic N) is 4. The van der Waals surface area contributed by atoms with Crippen LogP contribution in [0.2, 0.25) is 0 Å². The molecule has 1 aliphatic rings. The van der Waals surface area contributed by atoms with Crippen LogP contribution in [0.4, 0.5) is 0 Å². The fourth-order valence-corrected chi connectivity index (χ4v) is 4.05. The van der Waals surface area contributed by atoms with E-state index in [4.69, 9.17) is 4.99 Å². The predicted octanol–water partition coefficient (Wildman–Crippen LogP) is 3.92. The SMILES string of the molecule is CCNC(=NCc1nccn1CCCc1ccccc1)NC1CN(C(C)C)CC1C.I. The Labute approximate surface area is 204 Å². The number of rotatable bonds is 9. The first kappa shape index (κ1) is 25.6. The molecule has 2 N–H and O–H groups in total. The van der Waals surface area contributed by atoms with Gasteiger partial charge in [0.15, 0.2) is 5.96 Å². The van der Waals surface area contributed by atoms with Gasteiger partial charge in [-0.05, 0) is 45.1 Å². The minimum absolute atomic E-state index is 0. The van der Waals surface area contributed by atoms with Crippen LogP contribution in [0.3, 0.4) is 0 Å². The van der Waals surface area contributed by atoms with Crippen molar-refractivity contribution in [3.8, 4) is 0 Å². The molecular formula is C24H39IN6. The molecule has 1 aromatic carbocycles. The molecule has 0 saturated carbocycles. The van der Waals surface area contributed by atoms with Crippen molar-refractivity contribution in [2.24, 2.45) is 10.9 Å². The number of nitrogens with one attached hydrogen (secondary N) is 2. The number of likely N-dealkylation sites (tertiary alicyclic amines) is 1. The van der Waals surface area contributed by atoms with Gasteiger partial charge in [-0.3, -0.25) is 4.90 Å². The maximum atomic E-state index is 4.84. The first-order valence-corrected chi connectivity index (χ1v) is 11.4. The molecule has 6 nitrogen and oxygen atoms in total. The van der Waals surface area contributed by atoms with Gasteiger partial charge in [-0.1, -0.05) is 37.3 Å². The molecule has 2 unspecified atom stereocenters. The summed E-state index contributed by atoms with van der Waals surface area (Å²) in [6, 6.07) is 11.7. The largest absolute Gasteiger partial charge is 0.357 e. The van der Waals surface area contributed by atoms with Crippen LogP contribution >= 0.6 is 24.0 Å². The molecule has 2 aromatic rings. The minimum atomic E-state index is 0. The zero-order valence-electron chi connectivity index (χ0n) is 19.4. The summed E-state index contributed by atoms with van der Waals surface area (Å²) >= 11 is 0. The van der Waals surface area contributed by atoms with Gasteiger partial charge in [-0.25, -0.2) is 9.98 Å². The van der Waals surface area contributed by atoms with Crippen molar-refractivity contribution in [1.29, 1.82) is 0 Å². The monoisotopic (exact) mass is 538 g/mol. The summed E-state index contributed by atoms with van der Waals surface area (Å²) in [5.41, 5.74) is 1.39. The summed E-state index contributed by atoms with van der Waals surface area (Å²) in [6.45, 7) is 13.6. The molecule has 1 aromatic heterocycles. The third-order valence-corrected chi connectivity index (χ3v) is 5.92. The molecule has 0 bridgehead atoms. The van der Waals surface area contributed by atoms with Crippen molar-refractivity contribution in [2.75, 3.05) is 19.6 Å². The van der Waals surface area contributed by atoms with Crippen LogP contribution in [0.25, 0.3) is 0 Å². The van der Waals surface area contributed by atoms with Gasteiger partial charge in [0.25, 0.3) is 0 Å². The van der Waals surface area contributed by atoms with Crippen LogP contribution < -0.4 is 10.6 Å². The summed E-state index contributed by atoms with van der Waals surface area (Å²) in [5, 5.41) is 7.06. The highest BCUT2D eigenvalue weighted by Crippen LogP contribution is 2.18. The summed E-state index contributed by atoms with van der Waals surface area (Å²) in [4.78, 5) is 11.9. The number of benzene rings is 1. The molecule has 0 spiro atoms. The smallest absolute Gasteiger partial charge is 0.191 e. The molecular weight excluding hydrogens is 499 g/mol. The van der Waals surface area contributed by atoms with Gasteiger partial charge < -0.3 is 15.2 Å². The molecule has 1 saturated heterocycles. The topological polar surface area (TPSA) is 57.5 Å². The lowest BCUT2D eigenvalue weighted by Crippen LogP contribution is -2.46. The lowest BCUT2D eigenvalue weighted by molar-refractivity contribution is 0.265. The third-order valence-electron chi connectivity index (χ3n) is 5.92. The fraction of sp³-hybridized carbons (Fsp3) is 0.583. The van der Waals surface area contributed by atoms with E-state index in [1.807, 2.05) is 6.20 Å². The Morgan fingerprint density at radius 2 is 2.00 bits per heavy atom. The van der Waals surface area contributed by atoms with Crippen LogP contribution in [0.5, 0.6) is 0 Å². The maximum Gasteiger partial charge on any atom is 0.191 e. The number of hydrogen-bond acceptors (Lipinski definition) is 3. The number of imidazole rings is 1. The molecule has 3 rings (SSSR count). The Bertz CT molecular complexity index is 788. The Kier molecular flexibility index (Phi) is 10.8.